The van der Waals surface area contributed by atoms with E-state index in [4.69, 9.17) is 14.2 Å². The third-order valence-corrected chi connectivity index (χ3v) is 5.61. The first kappa shape index (κ1) is 21.8. The molecular weight excluding hydrogens is 443 g/mol. The largest absolute Gasteiger partial charge is 0.493 e. The molecule has 4 heterocycles. The van der Waals surface area contributed by atoms with Crippen LogP contribution in [0, 0.1) is 12.7 Å². The topological polar surface area (TPSA) is 105 Å². The van der Waals surface area contributed by atoms with Crippen molar-refractivity contribution in [2.45, 2.75) is 26.5 Å². The standard InChI is InChI=1S/C23H23FN6O4/c1-13-8-19(29(2)28-13)17-10-25-22(30-11-14(12-32-3)27-21(17)30)34-23(31)26-9-16-15-6-7-33-20(15)5-4-18(16)24/h4-5,8,10-11H,6-7,9,12H2,1-3H3,(H,26,31). The number of nitrogens with one attached hydrogen (secondary N) is 1. The predicted molar refractivity (Wildman–Crippen MR) is 119 cm³/mol. The Morgan fingerprint density at radius 3 is 2.97 bits per heavy atom. The molecule has 0 unspecified atom stereocenters. The number of benzene rings is 1. The molecule has 0 spiro atoms. The summed E-state index contributed by atoms with van der Waals surface area (Å²) in [6.45, 7) is 2.63. The van der Waals surface area contributed by atoms with Crippen LogP contribution in [0.1, 0.15) is 22.5 Å². The van der Waals surface area contributed by atoms with Crippen molar-refractivity contribution in [3.8, 4) is 23.0 Å². The van der Waals surface area contributed by atoms with E-state index in [1.165, 1.54) is 6.07 Å². The van der Waals surface area contributed by atoms with Crippen LogP contribution >= 0.6 is 0 Å². The van der Waals surface area contributed by atoms with Gasteiger partial charge in [0.05, 0.1) is 35.9 Å². The van der Waals surface area contributed by atoms with Crippen LogP contribution in [0.3, 0.4) is 0 Å². The molecular formula is C23H23FN6O4. The number of aryl methyl sites for hydroxylation is 2. The fraction of sp³-hybridized carbons (Fsp3) is 0.304. The number of nitrogens with zero attached hydrogens (tertiary/aromatic N) is 5. The maximum atomic E-state index is 14.4. The SMILES string of the molecule is COCc1cn2c(OC(=O)NCc3c(F)ccc4c3CCO4)ncc(-c3cc(C)nn3C)c2n1. The lowest BCUT2D eigenvalue weighted by atomic mass is 10.0. The smallest absolute Gasteiger partial charge is 0.415 e. The number of hydrogen-bond donors (Lipinski definition) is 1. The number of imidazole rings is 1. The van der Waals surface area contributed by atoms with Crippen LogP contribution in [0.4, 0.5) is 9.18 Å². The van der Waals surface area contributed by atoms with Crippen LogP contribution in [0.5, 0.6) is 11.8 Å². The lowest BCUT2D eigenvalue weighted by Crippen LogP contribution is -2.28. The third kappa shape index (κ3) is 3.94. The lowest BCUT2D eigenvalue weighted by molar-refractivity contribution is 0.182. The van der Waals surface area contributed by atoms with Crippen molar-refractivity contribution in [3.05, 3.63) is 58.9 Å². The molecule has 0 saturated carbocycles. The van der Waals surface area contributed by atoms with E-state index in [1.54, 1.807) is 34.7 Å². The number of rotatable bonds is 6. The Morgan fingerprint density at radius 1 is 1.35 bits per heavy atom. The summed E-state index contributed by atoms with van der Waals surface area (Å²) in [5.41, 5.74) is 4.72. The second-order valence-electron chi connectivity index (χ2n) is 7.95. The van der Waals surface area contributed by atoms with Gasteiger partial charge in [0.1, 0.15) is 11.6 Å². The predicted octanol–water partition coefficient (Wildman–Crippen LogP) is 2.95. The number of fused-ring (bicyclic) bond motifs is 2. The number of aromatic nitrogens is 5. The zero-order valence-corrected chi connectivity index (χ0v) is 19.0. The van der Waals surface area contributed by atoms with Gasteiger partial charge in [0, 0.05) is 50.6 Å². The van der Waals surface area contributed by atoms with Gasteiger partial charge in [-0.05, 0) is 25.1 Å². The van der Waals surface area contributed by atoms with E-state index >= 15 is 0 Å². The summed E-state index contributed by atoms with van der Waals surface area (Å²) >= 11 is 0. The molecule has 0 fully saturated rings. The average molecular weight is 466 g/mol. The van der Waals surface area contributed by atoms with Crippen molar-refractivity contribution in [2.75, 3.05) is 13.7 Å². The van der Waals surface area contributed by atoms with Gasteiger partial charge in [0.25, 0.3) is 0 Å². The van der Waals surface area contributed by atoms with Crippen LogP contribution in [0.25, 0.3) is 16.9 Å². The maximum absolute atomic E-state index is 14.4. The summed E-state index contributed by atoms with van der Waals surface area (Å²) in [6.07, 6.45) is 3.10. The molecule has 5 rings (SSSR count). The van der Waals surface area contributed by atoms with Gasteiger partial charge < -0.3 is 19.5 Å². The van der Waals surface area contributed by atoms with E-state index in [0.29, 0.717) is 35.7 Å². The van der Waals surface area contributed by atoms with Crippen LogP contribution < -0.4 is 14.8 Å². The molecule has 0 aliphatic carbocycles. The lowest BCUT2D eigenvalue weighted by Gasteiger charge is -2.11. The molecule has 3 aromatic heterocycles. The van der Waals surface area contributed by atoms with E-state index in [-0.39, 0.29) is 19.2 Å². The van der Waals surface area contributed by atoms with E-state index in [0.717, 1.165) is 22.5 Å². The molecule has 1 amide bonds. The highest BCUT2D eigenvalue weighted by Crippen LogP contribution is 2.30. The highest BCUT2D eigenvalue weighted by molar-refractivity contribution is 5.76. The Labute approximate surface area is 194 Å². The quantitative estimate of drug-likeness (QED) is 0.466. The molecule has 0 saturated heterocycles. The van der Waals surface area contributed by atoms with Crippen molar-refractivity contribution in [1.82, 2.24) is 29.5 Å². The maximum Gasteiger partial charge on any atom is 0.415 e. The minimum atomic E-state index is -0.768. The molecule has 176 valence electrons. The van der Waals surface area contributed by atoms with Crippen molar-refractivity contribution < 1.29 is 23.4 Å². The van der Waals surface area contributed by atoms with Crippen molar-refractivity contribution >= 4 is 11.7 Å². The van der Waals surface area contributed by atoms with E-state index in [9.17, 15) is 9.18 Å². The average Bonchev–Trinajstić information content (AvgIpc) is 3.52. The highest BCUT2D eigenvalue weighted by Gasteiger charge is 2.21. The first-order chi connectivity index (χ1) is 16.4. The molecule has 34 heavy (non-hydrogen) atoms. The second kappa shape index (κ2) is 8.75. The Hall–Kier alpha value is -3.99. The number of hydrogen-bond acceptors (Lipinski definition) is 7. The zero-order valence-electron chi connectivity index (χ0n) is 19.0. The monoisotopic (exact) mass is 466 g/mol. The van der Waals surface area contributed by atoms with Gasteiger partial charge in [-0.3, -0.25) is 9.08 Å². The summed E-state index contributed by atoms with van der Waals surface area (Å²) in [5.74, 6) is 0.236. The molecule has 0 bridgehead atoms. The minimum Gasteiger partial charge on any atom is -0.493 e. The van der Waals surface area contributed by atoms with Crippen LogP contribution in [-0.2, 0) is 31.4 Å². The van der Waals surface area contributed by atoms with Crippen molar-refractivity contribution in [2.24, 2.45) is 7.05 Å². The number of carbonyl (C=O) groups is 1. The molecule has 11 heteroatoms. The Bertz CT molecular complexity index is 1400. The van der Waals surface area contributed by atoms with Gasteiger partial charge in [0.2, 0.25) is 0 Å². The Balaban J connectivity index is 1.42. The Kier molecular flexibility index (Phi) is 5.62. The first-order valence-electron chi connectivity index (χ1n) is 10.7. The number of halogens is 1. The van der Waals surface area contributed by atoms with Gasteiger partial charge in [-0.25, -0.2) is 19.2 Å². The second-order valence-corrected chi connectivity index (χ2v) is 7.95. The first-order valence-corrected chi connectivity index (χ1v) is 10.7. The van der Waals surface area contributed by atoms with Gasteiger partial charge >= 0.3 is 12.1 Å². The number of ether oxygens (including phenoxy) is 3. The summed E-state index contributed by atoms with van der Waals surface area (Å²) in [4.78, 5) is 21.6. The number of amides is 1. The molecule has 10 nitrogen and oxygen atoms in total. The van der Waals surface area contributed by atoms with Gasteiger partial charge in [0.15, 0.2) is 5.65 Å². The van der Waals surface area contributed by atoms with Crippen molar-refractivity contribution in [3.63, 3.8) is 0 Å². The fourth-order valence-electron chi connectivity index (χ4n) is 4.13. The summed E-state index contributed by atoms with van der Waals surface area (Å²) < 4.78 is 33.8. The van der Waals surface area contributed by atoms with E-state index in [1.807, 2.05) is 20.0 Å². The number of carbonyl (C=O) groups excluding carboxylic acids is 1. The summed E-state index contributed by atoms with van der Waals surface area (Å²) in [7, 11) is 3.41. The van der Waals surface area contributed by atoms with Gasteiger partial charge in [-0.1, -0.05) is 0 Å². The molecule has 1 N–H and O–H groups in total. The van der Waals surface area contributed by atoms with Crippen LogP contribution in [0.2, 0.25) is 0 Å². The number of methoxy groups -OCH3 is 1. The van der Waals surface area contributed by atoms with E-state index in [2.05, 4.69) is 20.4 Å². The molecule has 1 aromatic carbocycles. The fourth-order valence-corrected chi connectivity index (χ4v) is 4.13. The summed E-state index contributed by atoms with van der Waals surface area (Å²) in [6, 6.07) is 4.87. The zero-order chi connectivity index (χ0) is 23.8. The minimum absolute atomic E-state index is 0.0205. The molecule has 0 radical (unpaired) electrons. The molecule has 1 aliphatic heterocycles. The van der Waals surface area contributed by atoms with E-state index < -0.39 is 11.9 Å². The van der Waals surface area contributed by atoms with Crippen LogP contribution in [0.15, 0.2) is 30.6 Å². The third-order valence-electron chi connectivity index (χ3n) is 5.61. The van der Waals surface area contributed by atoms with Crippen LogP contribution in [-0.4, -0.2) is 44.0 Å². The molecule has 0 atom stereocenters. The van der Waals surface area contributed by atoms with Gasteiger partial charge in [-0.2, -0.15) is 5.10 Å². The highest BCUT2D eigenvalue weighted by atomic mass is 19.1. The normalized spacial score (nSPS) is 12.6. The van der Waals surface area contributed by atoms with Crippen molar-refractivity contribution in [1.29, 1.82) is 0 Å². The van der Waals surface area contributed by atoms with Gasteiger partial charge in [-0.15, -0.1) is 0 Å². The Morgan fingerprint density at radius 2 is 2.21 bits per heavy atom. The summed E-state index contributed by atoms with van der Waals surface area (Å²) in [5, 5.41) is 6.99. The molecule has 1 aliphatic rings. The molecule has 4 aromatic rings.